The van der Waals surface area contributed by atoms with Crippen molar-refractivity contribution in [3.05, 3.63) is 93.4 Å². The van der Waals surface area contributed by atoms with Crippen LogP contribution < -0.4 is 10.1 Å². The quantitative estimate of drug-likeness (QED) is 0.344. The normalized spacial score (nSPS) is 12.3. The summed E-state index contributed by atoms with van der Waals surface area (Å²) in [5.74, 6) is -0.408. The first-order valence-electron chi connectivity index (χ1n) is 8.86. The minimum atomic E-state index is -4.75. The van der Waals surface area contributed by atoms with Gasteiger partial charge in [0.2, 0.25) is 0 Å². The van der Waals surface area contributed by atoms with E-state index in [0.29, 0.717) is 16.3 Å². The lowest BCUT2D eigenvalue weighted by Gasteiger charge is -2.20. The van der Waals surface area contributed by atoms with Crippen LogP contribution in [0.25, 0.3) is 0 Å². The maximum absolute atomic E-state index is 12.8. The van der Waals surface area contributed by atoms with Crippen LogP contribution in [0.3, 0.4) is 0 Å². The van der Waals surface area contributed by atoms with Crippen molar-refractivity contribution in [1.82, 2.24) is 0 Å². The van der Waals surface area contributed by atoms with Crippen LogP contribution in [0.15, 0.2) is 77.3 Å². The first-order valence-corrected chi connectivity index (χ1v) is 10.0. The van der Waals surface area contributed by atoms with Crippen LogP contribution in [-0.2, 0) is 0 Å². The molecule has 8 heteroatoms. The Balaban J connectivity index is 1.80. The van der Waals surface area contributed by atoms with Gasteiger partial charge in [-0.2, -0.15) is 0 Å². The molecule has 3 rings (SSSR count). The number of ether oxygens (including phenoxy) is 1. The number of rotatable bonds is 7. The molecule has 1 N–H and O–H groups in total. The van der Waals surface area contributed by atoms with Crippen LogP contribution in [0, 0.1) is 0 Å². The van der Waals surface area contributed by atoms with Crippen LogP contribution in [0.2, 0.25) is 5.02 Å². The number of hydrogen-bond acceptors (Lipinski definition) is 3. The second-order valence-corrected chi connectivity index (χ2v) is 7.81. The number of ketones is 1. The Bertz CT molecular complexity index is 991. The summed E-state index contributed by atoms with van der Waals surface area (Å²) in [5, 5.41) is 3.76. The maximum atomic E-state index is 12.8. The van der Waals surface area contributed by atoms with E-state index in [4.69, 9.17) is 11.6 Å². The molecule has 0 aromatic heterocycles. The number of alkyl halides is 3. The lowest BCUT2D eigenvalue weighted by molar-refractivity contribution is -0.274. The molecule has 1 atom stereocenters. The Morgan fingerprint density at radius 3 is 2.13 bits per heavy atom. The Morgan fingerprint density at radius 2 is 1.57 bits per heavy atom. The summed E-state index contributed by atoms with van der Waals surface area (Å²) in [4.78, 5) is 12.8. The standard InChI is InChI=1S/C22H16BrClF3NO2/c23-16-5-1-14(2-6-16)20(13-21(29)15-3-7-17(24)8-4-15)28-18-9-11-19(12-10-18)30-22(25,26)27/h1-12,20,28H,13H2/t20-/m1/s1. The topological polar surface area (TPSA) is 38.3 Å². The Kier molecular flexibility index (Phi) is 7.05. The molecule has 0 spiro atoms. The van der Waals surface area contributed by atoms with Gasteiger partial charge in [-0.25, -0.2) is 0 Å². The molecule has 30 heavy (non-hydrogen) atoms. The molecule has 0 saturated carbocycles. The van der Waals surface area contributed by atoms with Crippen LogP contribution in [0.4, 0.5) is 18.9 Å². The monoisotopic (exact) mass is 497 g/mol. The fourth-order valence-corrected chi connectivity index (χ4v) is 3.23. The molecule has 0 radical (unpaired) electrons. The Labute approximate surface area is 184 Å². The SMILES string of the molecule is O=C(C[C@@H](Nc1ccc(OC(F)(F)F)cc1)c1ccc(Br)cc1)c1ccc(Cl)cc1. The number of hydrogen-bond donors (Lipinski definition) is 1. The molecule has 0 aliphatic heterocycles. The molecule has 0 amide bonds. The zero-order valence-corrected chi connectivity index (χ0v) is 17.8. The fourth-order valence-electron chi connectivity index (χ4n) is 2.84. The predicted octanol–water partition coefficient (Wildman–Crippen LogP) is 7.43. The fraction of sp³-hybridized carbons (Fsp3) is 0.136. The van der Waals surface area contributed by atoms with Crippen molar-refractivity contribution in [3.8, 4) is 5.75 Å². The first kappa shape index (κ1) is 22.2. The minimum Gasteiger partial charge on any atom is -0.406 e. The largest absolute Gasteiger partial charge is 0.573 e. The third kappa shape index (κ3) is 6.50. The van der Waals surface area contributed by atoms with Crippen molar-refractivity contribution in [2.45, 2.75) is 18.8 Å². The molecule has 0 bridgehead atoms. The molecule has 3 aromatic carbocycles. The average Bonchev–Trinajstić information content (AvgIpc) is 2.69. The molecule has 0 aliphatic rings. The highest BCUT2D eigenvalue weighted by molar-refractivity contribution is 9.10. The lowest BCUT2D eigenvalue weighted by atomic mass is 9.97. The zero-order valence-electron chi connectivity index (χ0n) is 15.4. The van der Waals surface area contributed by atoms with Gasteiger partial charge < -0.3 is 10.1 Å². The van der Waals surface area contributed by atoms with Crippen LogP contribution in [-0.4, -0.2) is 12.1 Å². The maximum Gasteiger partial charge on any atom is 0.573 e. The summed E-state index contributed by atoms with van der Waals surface area (Å²) < 4.78 is 41.8. The molecular weight excluding hydrogens is 483 g/mol. The second kappa shape index (κ2) is 9.53. The summed E-state index contributed by atoms with van der Waals surface area (Å²) in [6.07, 6.45) is -4.61. The number of carbonyl (C=O) groups excluding carboxylic acids is 1. The van der Waals surface area contributed by atoms with Gasteiger partial charge in [-0.3, -0.25) is 4.79 Å². The van der Waals surface area contributed by atoms with E-state index in [1.54, 1.807) is 24.3 Å². The molecule has 0 unspecified atom stereocenters. The van der Waals surface area contributed by atoms with E-state index >= 15 is 0 Å². The van der Waals surface area contributed by atoms with Gasteiger partial charge in [0.05, 0.1) is 6.04 Å². The number of benzene rings is 3. The number of nitrogens with one attached hydrogen (secondary N) is 1. The number of halogens is 5. The van der Waals surface area contributed by atoms with E-state index in [1.165, 1.54) is 24.3 Å². The summed E-state index contributed by atoms with van der Waals surface area (Å²) in [6.45, 7) is 0. The highest BCUT2D eigenvalue weighted by Gasteiger charge is 2.31. The van der Waals surface area contributed by atoms with Gasteiger partial charge in [0.1, 0.15) is 5.75 Å². The average molecular weight is 499 g/mol. The van der Waals surface area contributed by atoms with Crippen molar-refractivity contribution in [2.75, 3.05) is 5.32 Å². The van der Waals surface area contributed by atoms with Gasteiger partial charge >= 0.3 is 6.36 Å². The van der Waals surface area contributed by atoms with Crippen molar-refractivity contribution in [1.29, 1.82) is 0 Å². The molecule has 3 aromatic rings. The molecular formula is C22H16BrClF3NO2. The van der Waals surface area contributed by atoms with E-state index in [1.807, 2.05) is 24.3 Å². The Hall–Kier alpha value is -2.51. The molecule has 0 heterocycles. The van der Waals surface area contributed by atoms with Gasteiger partial charge in [-0.05, 0) is 66.2 Å². The highest BCUT2D eigenvalue weighted by atomic mass is 79.9. The minimum absolute atomic E-state index is 0.0934. The van der Waals surface area contributed by atoms with E-state index in [-0.39, 0.29) is 18.0 Å². The molecule has 0 fully saturated rings. The zero-order chi connectivity index (χ0) is 21.7. The van der Waals surface area contributed by atoms with Crippen molar-refractivity contribution < 1.29 is 22.7 Å². The molecule has 0 saturated heterocycles. The molecule has 156 valence electrons. The van der Waals surface area contributed by atoms with E-state index in [9.17, 15) is 18.0 Å². The third-order valence-electron chi connectivity index (χ3n) is 4.26. The van der Waals surface area contributed by atoms with Gasteiger partial charge in [0.25, 0.3) is 0 Å². The lowest BCUT2D eigenvalue weighted by Crippen LogP contribution is -2.17. The first-order chi connectivity index (χ1) is 14.2. The predicted molar refractivity (Wildman–Crippen MR) is 114 cm³/mol. The summed E-state index contributed by atoms with van der Waals surface area (Å²) in [6, 6.07) is 19.1. The van der Waals surface area contributed by atoms with Crippen LogP contribution in [0.5, 0.6) is 5.75 Å². The summed E-state index contributed by atoms with van der Waals surface area (Å²) in [7, 11) is 0. The number of carbonyl (C=O) groups is 1. The van der Waals surface area contributed by atoms with Gasteiger partial charge in [-0.15, -0.1) is 13.2 Å². The van der Waals surface area contributed by atoms with Crippen molar-refractivity contribution >= 4 is 39.0 Å². The second-order valence-electron chi connectivity index (χ2n) is 6.45. The van der Waals surface area contributed by atoms with E-state index < -0.39 is 12.4 Å². The molecule has 0 aliphatic carbocycles. The molecule has 3 nitrogen and oxygen atoms in total. The number of anilines is 1. The van der Waals surface area contributed by atoms with E-state index in [2.05, 4.69) is 26.0 Å². The Morgan fingerprint density at radius 1 is 0.967 bits per heavy atom. The van der Waals surface area contributed by atoms with Crippen molar-refractivity contribution in [3.63, 3.8) is 0 Å². The number of Topliss-reactive ketones (excluding diaryl/α,β-unsaturated/α-hetero) is 1. The van der Waals surface area contributed by atoms with Gasteiger partial charge in [0, 0.05) is 27.2 Å². The van der Waals surface area contributed by atoms with Crippen LogP contribution in [0.1, 0.15) is 28.4 Å². The summed E-state index contributed by atoms with van der Waals surface area (Å²) in [5.41, 5.74) is 1.94. The van der Waals surface area contributed by atoms with E-state index in [0.717, 1.165) is 10.0 Å². The highest BCUT2D eigenvalue weighted by Crippen LogP contribution is 2.29. The van der Waals surface area contributed by atoms with Gasteiger partial charge in [-0.1, -0.05) is 39.7 Å². The smallest absolute Gasteiger partial charge is 0.406 e. The van der Waals surface area contributed by atoms with Crippen molar-refractivity contribution in [2.24, 2.45) is 0 Å². The third-order valence-corrected chi connectivity index (χ3v) is 5.04. The summed E-state index contributed by atoms with van der Waals surface area (Å²) >= 11 is 9.27. The van der Waals surface area contributed by atoms with Gasteiger partial charge in [0.15, 0.2) is 5.78 Å². The van der Waals surface area contributed by atoms with Crippen LogP contribution >= 0.6 is 27.5 Å².